The standard InChI is InChI=1S/C14H19ClF3NO/c1-10(2)3-5-20-6-4-19-13-8-11(14(16,17)18)7-12(15)9-13/h7-10,19H,3-6H2,1-2H3. The summed E-state index contributed by atoms with van der Waals surface area (Å²) < 4.78 is 43.2. The predicted molar refractivity (Wildman–Crippen MR) is 75.2 cm³/mol. The predicted octanol–water partition coefficient (Wildman–Crippen LogP) is 4.83. The largest absolute Gasteiger partial charge is 0.416 e. The van der Waals surface area contributed by atoms with Crippen LogP contribution in [-0.4, -0.2) is 19.8 Å². The van der Waals surface area contributed by atoms with Gasteiger partial charge in [-0.2, -0.15) is 13.2 Å². The summed E-state index contributed by atoms with van der Waals surface area (Å²) >= 11 is 5.68. The van der Waals surface area contributed by atoms with Gasteiger partial charge in [0.05, 0.1) is 12.2 Å². The maximum Gasteiger partial charge on any atom is 0.416 e. The molecule has 0 aliphatic rings. The number of alkyl halides is 3. The number of hydrogen-bond donors (Lipinski definition) is 1. The maximum atomic E-state index is 12.6. The normalized spacial score (nSPS) is 11.9. The lowest BCUT2D eigenvalue weighted by Crippen LogP contribution is -2.12. The highest BCUT2D eigenvalue weighted by Gasteiger charge is 2.31. The Morgan fingerprint density at radius 2 is 1.90 bits per heavy atom. The molecule has 0 radical (unpaired) electrons. The lowest BCUT2D eigenvalue weighted by Gasteiger charge is -2.12. The van der Waals surface area contributed by atoms with E-state index in [-0.39, 0.29) is 5.02 Å². The van der Waals surface area contributed by atoms with E-state index in [9.17, 15) is 13.2 Å². The molecule has 1 rings (SSSR count). The van der Waals surface area contributed by atoms with Crippen LogP contribution in [0.25, 0.3) is 0 Å². The number of ether oxygens (including phenoxy) is 1. The zero-order valence-electron chi connectivity index (χ0n) is 11.6. The van der Waals surface area contributed by atoms with E-state index in [1.54, 1.807) is 0 Å². The zero-order chi connectivity index (χ0) is 15.2. The minimum Gasteiger partial charge on any atom is -0.383 e. The van der Waals surface area contributed by atoms with Crippen LogP contribution < -0.4 is 5.32 Å². The minimum absolute atomic E-state index is 0.0584. The molecule has 1 N–H and O–H groups in total. The molecule has 1 aromatic carbocycles. The lowest BCUT2D eigenvalue weighted by atomic mass is 10.1. The molecular weight excluding hydrogens is 291 g/mol. The SMILES string of the molecule is CC(C)CCOCCNc1cc(Cl)cc(C(F)(F)F)c1. The molecule has 20 heavy (non-hydrogen) atoms. The molecule has 0 aliphatic carbocycles. The first-order valence-electron chi connectivity index (χ1n) is 6.48. The second-order valence-electron chi connectivity index (χ2n) is 4.95. The van der Waals surface area contributed by atoms with Crippen molar-refractivity contribution in [2.24, 2.45) is 5.92 Å². The van der Waals surface area contributed by atoms with Crippen LogP contribution in [0.5, 0.6) is 0 Å². The van der Waals surface area contributed by atoms with Gasteiger partial charge >= 0.3 is 6.18 Å². The molecule has 0 heterocycles. The first-order valence-corrected chi connectivity index (χ1v) is 6.86. The van der Waals surface area contributed by atoms with Crippen molar-refractivity contribution in [3.05, 3.63) is 28.8 Å². The number of rotatable bonds is 7. The maximum absolute atomic E-state index is 12.6. The van der Waals surface area contributed by atoms with E-state index in [1.807, 2.05) is 0 Å². The van der Waals surface area contributed by atoms with Gasteiger partial charge < -0.3 is 10.1 Å². The van der Waals surface area contributed by atoms with Crippen LogP contribution in [0.15, 0.2) is 18.2 Å². The summed E-state index contributed by atoms with van der Waals surface area (Å²) in [4.78, 5) is 0. The molecule has 0 saturated carbocycles. The van der Waals surface area contributed by atoms with Crippen LogP contribution in [0.1, 0.15) is 25.8 Å². The van der Waals surface area contributed by atoms with Gasteiger partial charge in [0.15, 0.2) is 0 Å². The van der Waals surface area contributed by atoms with Gasteiger partial charge in [0.25, 0.3) is 0 Å². The number of anilines is 1. The number of nitrogens with one attached hydrogen (secondary N) is 1. The van der Waals surface area contributed by atoms with Crippen molar-refractivity contribution < 1.29 is 17.9 Å². The average Bonchev–Trinajstić information content (AvgIpc) is 2.31. The van der Waals surface area contributed by atoms with Gasteiger partial charge in [-0.15, -0.1) is 0 Å². The molecule has 1 aromatic rings. The molecule has 6 heteroatoms. The summed E-state index contributed by atoms with van der Waals surface area (Å²) in [5.41, 5.74) is -0.412. The Hall–Kier alpha value is -0.940. The smallest absolute Gasteiger partial charge is 0.383 e. The van der Waals surface area contributed by atoms with Gasteiger partial charge in [0.2, 0.25) is 0 Å². The lowest BCUT2D eigenvalue weighted by molar-refractivity contribution is -0.137. The first-order chi connectivity index (χ1) is 9.29. The molecule has 0 unspecified atom stereocenters. The van der Waals surface area contributed by atoms with Crippen LogP contribution in [0.2, 0.25) is 5.02 Å². The highest BCUT2D eigenvalue weighted by Crippen LogP contribution is 2.33. The van der Waals surface area contributed by atoms with Crippen LogP contribution in [0.4, 0.5) is 18.9 Å². The summed E-state index contributed by atoms with van der Waals surface area (Å²) in [7, 11) is 0. The zero-order valence-corrected chi connectivity index (χ0v) is 12.3. The molecule has 0 bridgehead atoms. The fourth-order valence-electron chi connectivity index (χ4n) is 1.54. The number of halogens is 4. The van der Waals surface area contributed by atoms with Crippen molar-refractivity contribution >= 4 is 17.3 Å². The van der Waals surface area contributed by atoms with Crippen molar-refractivity contribution in [3.63, 3.8) is 0 Å². The average molecular weight is 310 g/mol. The Morgan fingerprint density at radius 1 is 1.20 bits per heavy atom. The van der Waals surface area contributed by atoms with Crippen molar-refractivity contribution in [1.82, 2.24) is 0 Å². The third-order valence-corrected chi connectivity index (χ3v) is 2.86. The van der Waals surface area contributed by atoms with Gasteiger partial charge in [-0.3, -0.25) is 0 Å². The Balaban J connectivity index is 2.42. The summed E-state index contributed by atoms with van der Waals surface area (Å²) in [5.74, 6) is 0.574. The van der Waals surface area contributed by atoms with Crippen molar-refractivity contribution in [3.8, 4) is 0 Å². The highest BCUT2D eigenvalue weighted by atomic mass is 35.5. The van der Waals surface area contributed by atoms with E-state index < -0.39 is 11.7 Å². The Morgan fingerprint density at radius 3 is 2.50 bits per heavy atom. The molecule has 0 spiro atoms. The van der Waals surface area contributed by atoms with Crippen LogP contribution in [0.3, 0.4) is 0 Å². The minimum atomic E-state index is -4.39. The van der Waals surface area contributed by atoms with Gasteiger partial charge in [-0.05, 0) is 30.5 Å². The van der Waals surface area contributed by atoms with Gasteiger partial charge in [-0.25, -0.2) is 0 Å². The second kappa shape index (κ2) is 7.74. The van der Waals surface area contributed by atoms with E-state index >= 15 is 0 Å². The third kappa shape index (κ3) is 6.48. The molecule has 0 aliphatic heterocycles. The van der Waals surface area contributed by atoms with E-state index in [0.29, 0.717) is 31.4 Å². The molecular formula is C14H19ClF3NO. The van der Waals surface area contributed by atoms with Crippen molar-refractivity contribution in [1.29, 1.82) is 0 Å². The van der Waals surface area contributed by atoms with Gasteiger partial charge in [-0.1, -0.05) is 25.4 Å². The van der Waals surface area contributed by atoms with Crippen LogP contribution in [-0.2, 0) is 10.9 Å². The molecule has 114 valence electrons. The fourth-order valence-corrected chi connectivity index (χ4v) is 1.78. The molecule has 0 amide bonds. The summed E-state index contributed by atoms with van der Waals surface area (Å²) in [5, 5.41) is 2.94. The second-order valence-corrected chi connectivity index (χ2v) is 5.38. The van der Waals surface area contributed by atoms with Crippen molar-refractivity contribution in [2.75, 3.05) is 25.1 Å². The monoisotopic (exact) mass is 309 g/mol. The van der Waals surface area contributed by atoms with Crippen LogP contribution >= 0.6 is 11.6 Å². The Bertz CT molecular complexity index is 421. The highest BCUT2D eigenvalue weighted by molar-refractivity contribution is 6.30. The first kappa shape index (κ1) is 17.1. The summed E-state index contributed by atoms with van der Waals surface area (Å²) in [6.07, 6.45) is -3.43. The number of hydrogen-bond acceptors (Lipinski definition) is 2. The van der Waals surface area contributed by atoms with E-state index in [4.69, 9.17) is 16.3 Å². The summed E-state index contributed by atoms with van der Waals surface area (Å²) in [6, 6.07) is 3.41. The third-order valence-electron chi connectivity index (χ3n) is 2.64. The quantitative estimate of drug-likeness (QED) is 0.728. The number of benzene rings is 1. The van der Waals surface area contributed by atoms with E-state index in [2.05, 4.69) is 19.2 Å². The van der Waals surface area contributed by atoms with Crippen molar-refractivity contribution in [2.45, 2.75) is 26.4 Å². The Labute approximate surface area is 122 Å². The molecule has 0 saturated heterocycles. The molecule has 0 aromatic heterocycles. The van der Waals surface area contributed by atoms with Crippen LogP contribution in [0, 0.1) is 5.92 Å². The van der Waals surface area contributed by atoms with Gasteiger partial charge in [0.1, 0.15) is 0 Å². The fraction of sp³-hybridized carbons (Fsp3) is 0.571. The summed E-state index contributed by atoms with van der Waals surface area (Å²) in [6.45, 7) is 5.75. The topological polar surface area (TPSA) is 21.3 Å². The Kier molecular flexibility index (Phi) is 6.62. The van der Waals surface area contributed by atoms with E-state index in [0.717, 1.165) is 18.6 Å². The van der Waals surface area contributed by atoms with E-state index in [1.165, 1.54) is 6.07 Å². The van der Waals surface area contributed by atoms with Gasteiger partial charge in [0, 0.05) is 23.9 Å². The molecule has 2 nitrogen and oxygen atoms in total. The molecule has 0 atom stereocenters. The molecule has 0 fully saturated rings.